The Balaban J connectivity index is 2.53. The van der Waals surface area contributed by atoms with Gasteiger partial charge in [-0.05, 0) is 5.38 Å². The normalized spacial score (nSPS) is 10.0. The van der Waals surface area contributed by atoms with E-state index in [2.05, 4.69) is 10.2 Å². The van der Waals surface area contributed by atoms with Gasteiger partial charge in [-0.25, -0.2) is 0 Å². The molecular weight excluding hydrogens is 172 g/mol. The van der Waals surface area contributed by atoms with Crippen molar-refractivity contribution in [3.05, 3.63) is 28.7 Å². The molecule has 0 spiro atoms. The average Bonchev–Trinajstić information content (AvgIpc) is 2.74. The summed E-state index contributed by atoms with van der Waals surface area (Å²) in [5.74, 6) is 0. The van der Waals surface area contributed by atoms with E-state index < -0.39 is 0 Å². The minimum atomic E-state index is 0.724. The predicted octanol–water partition coefficient (Wildman–Crippen LogP) is 1.95. The second-order valence-corrected chi connectivity index (χ2v) is 3.09. The quantitative estimate of drug-likeness (QED) is 0.714. The molecule has 0 radical (unpaired) electrons. The van der Waals surface area contributed by atoms with Gasteiger partial charge in [-0.3, -0.25) is 9.89 Å². The van der Waals surface area contributed by atoms with E-state index in [4.69, 9.17) is 0 Å². The zero-order valence-corrected chi connectivity index (χ0v) is 6.97. The number of carbonyl (C=O) groups is 1. The van der Waals surface area contributed by atoms with Crippen molar-refractivity contribution in [1.29, 1.82) is 0 Å². The molecule has 2 rings (SSSR count). The Morgan fingerprint density at radius 1 is 1.50 bits per heavy atom. The van der Waals surface area contributed by atoms with Gasteiger partial charge >= 0.3 is 0 Å². The average molecular weight is 178 g/mol. The summed E-state index contributed by atoms with van der Waals surface area (Å²) in [4.78, 5) is 10.6. The molecule has 60 valence electrons. The van der Waals surface area contributed by atoms with Crippen LogP contribution in [0.25, 0.3) is 11.1 Å². The predicted molar refractivity (Wildman–Crippen MR) is 47.3 cm³/mol. The first-order valence-corrected chi connectivity index (χ1v) is 4.36. The van der Waals surface area contributed by atoms with Crippen LogP contribution in [0.1, 0.15) is 10.4 Å². The topological polar surface area (TPSA) is 45.8 Å². The standard InChI is InChI=1S/C8H6N2OS/c11-3-7-4-12-5-8(7)6-1-9-10-2-6/h1-5H,(H,9,10). The molecule has 0 aromatic carbocycles. The number of aromatic nitrogens is 2. The Labute approximate surface area is 73.1 Å². The summed E-state index contributed by atoms with van der Waals surface area (Å²) in [6.45, 7) is 0. The summed E-state index contributed by atoms with van der Waals surface area (Å²) in [5, 5.41) is 10.3. The van der Waals surface area contributed by atoms with Crippen molar-refractivity contribution in [3.63, 3.8) is 0 Å². The second kappa shape index (κ2) is 2.91. The van der Waals surface area contributed by atoms with E-state index >= 15 is 0 Å². The number of aromatic amines is 1. The van der Waals surface area contributed by atoms with Gasteiger partial charge < -0.3 is 0 Å². The lowest BCUT2D eigenvalue weighted by molar-refractivity contribution is 0.112. The zero-order valence-electron chi connectivity index (χ0n) is 6.15. The molecule has 2 aromatic rings. The van der Waals surface area contributed by atoms with Gasteiger partial charge in [-0.15, -0.1) is 0 Å². The Bertz CT molecular complexity index is 377. The molecule has 0 bridgehead atoms. The molecule has 0 saturated heterocycles. The summed E-state index contributed by atoms with van der Waals surface area (Å²) < 4.78 is 0. The maximum atomic E-state index is 10.6. The van der Waals surface area contributed by atoms with Crippen LogP contribution in [-0.2, 0) is 0 Å². The largest absolute Gasteiger partial charge is 0.298 e. The molecule has 2 aromatic heterocycles. The molecule has 0 fully saturated rings. The molecule has 0 aliphatic rings. The Morgan fingerprint density at radius 2 is 2.42 bits per heavy atom. The summed E-state index contributed by atoms with van der Waals surface area (Å²) in [6.07, 6.45) is 4.34. The molecule has 2 heterocycles. The van der Waals surface area contributed by atoms with Gasteiger partial charge in [0, 0.05) is 28.3 Å². The van der Waals surface area contributed by atoms with Gasteiger partial charge in [0.05, 0.1) is 6.20 Å². The Hall–Kier alpha value is -1.42. The van der Waals surface area contributed by atoms with Crippen LogP contribution < -0.4 is 0 Å². The van der Waals surface area contributed by atoms with Crippen molar-refractivity contribution in [2.45, 2.75) is 0 Å². The van der Waals surface area contributed by atoms with Crippen molar-refractivity contribution in [3.8, 4) is 11.1 Å². The highest BCUT2D eigenvalue weighted by Crippen LogP contribution is 2.24. The summed E-state index contributed by atoms with van der Waals surface area (Å²) in [5.41, 5.74) is 2.63. The molecule has 0 saturated carbocycles. The molecule has 0 unspecified atom stereocenters. The van der Waals surface area contributed by atoms with E-state index in [0.717, 1.165) is 23.0 Å². The number of nitrogens with zero attached hydrogens (tertiary/aromatic N) is 1. The fourth-order valence-corrected chi connectivity index (χ4v) is 1.84. The molecule has 3 nitrogen and oxygen atoms in total. The molecule has 0 aliphatic heterocycles. The van der Waals surface area contributed by atoms with Crippen molar-refractivity contribution in [2.24, 2.45) is 0 Å². The smallest absolute Gasteiger partial charge is 0.151 e. The van der Waals surface area contributed by atoms with E-state index in [1.165, 1.54) is 11.3 Å². The van der Waals surface area contributed by atoms with Crippen LogP contribution in [0.3, 0.4) is 0 Å². The fourth-order valence-electron chi connectivity index (χ4n) is 1.03. The fraction of sp³-hybridized carbons (Fsp3) is 0. The highest BCUT2D eigenvalue weighted by Gasteiger charge is 2.05. The summed E-state index contributed by atoms with van der Waals surface area (Å²) in [7, 11) is 0. The summed E-state index contributed by atoms with van der Waals surface area (Å²) >= 11 is 1.52. The SMILES string of the molecule is O=Cc1cscc1-c1cn[nH]c1. The van der Waals surface area contributed by atoms with Gasteiger partial charge in [0.2, 0.25) is 0 Å². The molecular formula is C8H6N2OS. The molecule has 0 amide bonds. The van der Waals surface area contributed by atoms with Crippen LogP contribution in [0, 0.1) is 0 Å². The Morgan fingerprint density at radius 3 is 3.08 bits per heavy atom. The van der Waals surface area contributed by atoms with E-state index in [9.17, 15) is 4.79 Å². The van der Waals surface area contributed by atoms with E-state index in [-0.39, 0.29) is 0 Å². The maximum absolute atomic E-state index is 10.6. The van der Waals surface area contributed by atoms with Crippen LogP contribution in [0.5, 0.6) is 0 Å². The van der Waals surface area contributed by atoms with Crippen molar-refractivity contribution < 1.29 is 4.79 Å². The van der Waals surface area contributed by atoms with Crippen LogP contribution in [0.15, 0.2) is 23.2 Å². The maximum Gasteiger partial charge on any atom is 0.151 e. The van der Waals surface area contributed by atoms with Crippen LogP contribution in [-0.4, -0.2) is 16.5 Å². The molecule has 1 N–H and O–H groups in total. The first-order chi connectivity index (χ1) is 5.92. The lowest BCUT2D eigenvalue weighted by Gasteiger charge is -1.90. The van der Waals surface area contributed by atoms with Crippen LogP contribution in [0.4, 0.5) is 0 Å². The number of thiophene rings is 1. The van der Waals surface area contributed by atoms with Gasteiger partial charge in [0.25, 0.3) is 0 Å². The molecule has 0 atom stereocenters. The zero-order chi connectivity index (χ0) is 8.39. The van der Waals surface area contributed by atoms with Crippen molar-refractivity contribution >= 4 is 17.6 Å². The van der Waals surface area contributed by atoms with Gasteiger partial charge in [0.15, 0.2) is 6.29 Å². The lowest BCUT2D eigenvalue weighted by Crippen LogP contribution is -1.77. The third kappa shape index (κ3) is 1.06. The first kappa shape index (κ1) is 7.24. The number of nitrogens with one attached hydrogen (secondary N) is 1. The third-order valence-electron chi connectivity index (χ3n) is 1.63. The molecule has 0 aliphatic carbocycles. The van der Waals surface area contributed by atoms with Gasteiger partial charge in [-0.1, -0.05) is 0 Å². The minimum Gasteiger partial charge on any atom is -0.298 e. The second-order valence-electron chi connectivity index (χ2n) is 2.35. The van der Waals surface area contributed by atoms with E-state index in [1.54, 1.807) is 12.4 Å². The highest BCUT2D eigenvalue weighted by atomic mass is 32.1. The Kier molecular flexibility index (Phi) is 1.75. The van der Waals surface area contributed by atoms with E-state index in [1.807, 2.05) is 10.8 Å². The van der Waals surface area contributed by atoms with Gasteiger partial charge in [-0.2, -0.15) is 16.4 Å². The van der Waals surface area contributed by atoms with Crippen LogP contribution >= 0.6 is 11.3 Å². The number of hydrogen-bond donors (Lipinski definition) is 1. The van der Waals surface area contributed by atoms with Gasteiger partial charge in [0.1, 0.15) is 0 Å². The number of aldehydes is 1. The highest BCUT2D eigenvalue weighted by molar-refractivity contribution is 7.08. The lowest BCUT2D eigenvalue weighted by atomic mass is 10.1. The number of carbonyl (C=O) groups excluding carboxylic acids is 1. The molecule has 4 heteroatoms. The molecule has 12 heavy (non-hydrogen) atoms. The van der Waals surface area contributed by atoms with Crippen molar-refractivity contribution in [1.82, 2.24) is 10.2 Å². The number of rotatable bonds is 2. The van der Waals surface area contributed by atoms with E-state index in [0.29, 0.717) is 0 Å². The number of hydrogen-bond acceptors (Lipinski definition) is 3. The summed E-state index contributed by atoms with van der Waals surface area (Å²) in [6, 6.07) is 0. The van der Waals surface area contributed by atoms with Crippen LogP contribution in [0.2, 0.25) is 0 Å². The number of H-pyrrole nitrogens is 1. The van der Waals surface area contributed by atoms with Crippen molar-refractivity contribution in [2.75, 3.05) is 0 Å². The third-order valence-corrected chi connectivity index (χ3v) is 2.39. The monoisotopic (exact) mass is 178 g/mol. The minimum absolute atomic E-state index is 0.724. The first-order valence-electron chi connectivity index (χ1n) is 3.42.